The molecular weight excluding hydrogens is 346 g/mol. The minimum absolute atomic E-state index is 0.101. The van der Waals surface area contributed by atoms with Gasteiger partial charge in [0.2, 0.25) is 5.91 Å². The second kappa shape index (κ2) is 6.76. The van der Waals surface area contributed by atoms with Crippen molar-refractivity contribution in [2.75, 3.05) is 23.3 Å². The summed E-state index contributed by atoms with van der Waals surface area (Å²) in [5.74, 6) is 0.0567. The smallest absolute Gasteiger partial charge is 0.251 e. The van der Waals surface area contributed by atoms with E-state index < -0.39 is 5.91 Å². The van der Waals surface area contributed by atoms with Crippen LogP contribution in [0.25, 0.3) is 0 Å². The van der Waals surface area contributed by atoms with Crippen molar-refractivity contribution in [1.29, 1.82) is 0 Å². The van der Waals surface area contributed by atoms with E-state index in [4.69, 9.17) is 5.73 Å². The first-order valence-electron chi connectivity index (χ1n) is 9.10. The van der Waals surface area contributed by atoms with E-state index in [0.717, 1.165) is 43.5 Å². The van der Waals surface area contributed by atoms with Crippen molar-refractivity contribution < 1.29 is 9.59 Å². The van der Waals surface area contributed by atoms with Gasteiger partial charge in [-0.1, -0.05) is 25.1 Å². The van der Waals surface area contributed by atoms with Crippen molar-refractivity contribution in [2.45, 2.75) is 32.6 Å². The van der Waals surface area contributed by atoms with Gasteiger partial charge < -0.3 is 16.0 Å². The molecule has 0 bridgehead atoms. The van der Waals surface area contributed by atoms with Gasteiger partial charge >= 0.3 is 0 Å². The molecular formula is C20H23N3O2S. The lowest BCUT2D eigenvalue weighted by atomic mass is 9.88. The Bertz CT molecular complexity index is 874. The Morgan fingerprint density at radius 2 is 2.12 bits per heavy atom. The van der Waals surface area contributed by atoms with Crippen molar-refractivity contribution in [3.8, 4) is 0 Å². The van der Waals surface area contributed by atoms with E-state index in [2.05, 4.69) is 29.3 Å². The maximum atomic E-state index is 12.6. The summed E-state index contributed by atoms with van der Waals surface area (Å²) in [5.41, 5.74) is 9.59. The molecule has 4 rings (SSSR count). The van der Waals surface area contributed by atoms with Crippen LogP contribution in [0.1, 0.15) is 39.7 Å². The number of anilines is 2. The van der Waals surface area contributed by atoms with E-state index in [9.17, 15) is 9.59 Å². The lowest BCUT2D eigenvalue weighted by molar-refractivity contribution is -0.114. The third-order valence-electron chi connectivity index (χ3n) is 5.33. The van der Waals surface area contributed by atoms with Crippen LogP contribution in [0.15, 0.2) is 24.3 Å². The van der Waals surface area contributed by atoms with E-state index in [1.807, 2.05) is 12.1 Å². The van der Waals surface area contributed by atoms with Crippen molar-refractivity contribution in [3.63, 3.8) is 0 Å². The van der Waals surface area contributed by atoms with Crippen LogP contribution >= 0.6 is 11.3 Å². The van der Waals surface area contributed by atoms with Crippen LogP contribution in [-0.2, 0) is 24.1 Å². The fraction of sp³-hybridized carbons (Fsp3) is 0.400. The molecule has 3 N–H and O–H groups in total. The number of hydrogen-bond donors (Lipinski definition) is 2. The van der Waals surface area contributed by atoms with E-state index in [0.29, 0.717) is 16.5 Å². The highest BCUT2D eigenvalue weighted by atomic mass is 32.1. The van der Waals surface area contributed by atoms with Crippen LogP contribution in [0, 0.1) is 5.92 Å². The van der Waals surface area contributed by atoms with Gasteiger partial charge in [-0.25, -0.2) is 0 Å². The van der Waals surface area contributed by atoms with Gasteiger partial charge in [-0.15, -0.1) is 11.3 Å². The number of carbonyl (C=O) groups excluding carboxylic acids is 2. The highest BCUT2D eigenvalue weighted by Gasteiger charge is 2.28. The Balaban J connectivity index is 1.52. The largest absolute Gasteiger partial charge is 0.365 e. The number of fused-ring (bicyclic) bond motifs is 2. The van der Waals surface area contributed by atoms with Crippen LogP contribution in [0.5, 0.6) is 0 Å². The Morgan fingerprint density at radius 1 is 1.31 bits per heavy atom. The summed E-state index contributed by atoms with van der Waals surface area (Å²) < 4.78 is 0. The predicted molar refractivity (Wildman–Crippen MR) is 105 cm³/mol. The van der Waals surface area contributed by atoms with Crippen LogP contribution < -0.4 is 16.0 Å². The van der Waals surface area contributed by atoms with Crippen LogP contribution in [-0.4, -0.2) is 24.9 Å². The van der Waals surface area contributed by atoms with Crippen molar-refractivity contribution in [3.05, 3.63) is 45.8 Å². The summed E-state index contributed by atoms with van der Waals surface area (Å²) in [6.45, 7) is 3.34. The number of nitrogens with zero attached hydrogens (tertiary/aromatic N) is 1. The monoisotopic (exact) mass is 369 g/mol. The normalized spacial score (nSPS) is 18.3. The molecule has 0 spiro atoms. The molecule has 1 aliphatic carbocycles. The number of thiophene rings is 1. The zero-order valence-corrected chi connectivity index (χ0v) is 15.7. The molecule has 1 atom stereocenters. The molecule has 6 heteroatoms. The maximum Gasteiger partial charge on any atom is 0.251 e. The van der Waals surface area contributed by atoms with E-state index in [1.54, 1.807) is 0 Å². The second-order valence-corrected chi connectivity index (χ2v) is 8.37. The van der Waals surface area contributed by atoms with Gasteiger partial charge in [-0.05, 0) is 48.8 Å². The average molecular weight is 369 g/mol. The molecule has 1 aliphatic heterocycles. The Labute approximate surface area is 157 Å². The van der Waals surface area contributed by atoms with E-state index >= 15 is 0 Å². The van der Waals surface area contributed by atoms with Crippen LogP contribution in [0.2, 0.25) is 0 Å². The molecule has 1 aromatic heterocycles. The molecule has 2 amide bonds. The Kier molecular flexibility index (Phi) is 4.44. The molecule has 0 saturated heterocycles. The standard InChI is InChI=1S/C20H23N3O2S/c1-12-6-7-14-16(10-12)26-20(18(14)19(21)25)22-17(24)11-23-9-8-13-4-2-3-5-15(13)23/h2-5,12H,6-11H2,1H3,(H2,21,25)(H,22,24). The number of primary amides is 1. The highest BCUT2D eigenvalue weighted by Crippen LogP contribution is 2.39. The third-order valence-corrected chi connectivity index (χ3v) is 6.50. The first kappa shape index (κ1) is 17.1. The number of nitrogens with one attached hydrogen (secondary N) is 1. The molecule has 1 aromatic carbocycles. The molecule has 0 saturated carbocycles. The molecule has 5 nitrogen and oxygen atoms in total. The lowest BCUT2D eigenvalue weighted by Crippen LogP contribution is -2.32. The molecule has 26 heavy (non-hydrogen) atoms. The lowest BCUT2D eigenvalue weighted by Gasteiger charge is -2.18. The first-order valence-corrected chi connectivity index (χ1v) is 9.91. The third kappa shape index (κ3) is 3.09. The zero-order valence-electron chi connectivity index (χ0n) is 14.9. The van der Waals surface area contributed by atoms with Gasteiger partial charge in [-0.2, -0.15) is 0 Å². The van der Waals surface area contributed by atoms with Gasteiger partial charge in [0, 0.05) is 17.1 Å². The number of amides is 2. The van der Waals surface area contributed by atoms with Gasteiger partial charge in [0.05, 0.1) is 12.1 Å². The molecule has 2 aromatic rings. The van der Waals surface area contributed by atoms with Gasteiger partial charge in [-0.3, -0.25) is 9.59 Å². The molecule has 136 valence electrons. The first-order chi connectivity index (χ1) is 12.5. The molecule has 1 unspecified atom stereocenters. The number of benzene rings is 1. The van der Waals surface area contributed by atoms with Crippen LogP contribution in [0.3, 0.4) is 0 Å². The van der Waals surface area contributed by atoms with E-state index in [1.165, 1.54) is 21.8 Å². The fourth-order valence-electron chi connectivity index (χ4n) is 4.01. The summed E-state index contributed by atoms with van der Waals surface area (Å²) in [6, 6.07) is 8.18. The molecule has 0 fully saturated rings. The zero-order chi connectivity index (χ0) is 18.3. The minimum atomic E-state index is -0.445. The van der Waals surface area contributed by atoms with Gasteiger partial charge in [0.1, 0.15) is 5.00 Å². The summed E-state index contributed by atoms with van der Waals surface area (Å²) in [7, 11) is 0. The molecule has 0 radical (unpaired) electrons. The minimum Gasteiger partial charge on any atom is -0.365 e. The average Bonchev–Trinajstić information content (AvgIpc) is 3.15. The fourth-order valence-corrected chi connectivity index (χ4v) is 5.44. The molecule has 2 heterocycles. The summed E-state index contributed by atoms with van der Waals surface area (Å²) in [6.07, 6.45) is 3.83. The number of para-hydroxylation sites is 1. The summed E-state index contributed by atoms with van der Waals surface area (Å²) in [5, 5.41) is 3.58. The summed E-state index contributed by atoms with van der Waals surface area (Å²) in [4.78, 5) is 27.9. The molecule has 2 aliphatic rings. The van der Waals surface area contributed by atoms with Gasteiger partial charge in [0.25, 0.3) is 5.91 Å². The Hall–Kier alpha value is -2.34. The number of carbonyl (C=O) groups is 2. The second-order valence-electron chi connectivity index (χ2n) is 7.27. The number of rotatable bonds is 4. The van der Waals surface area contributed by atoms with E-state index in [-0.39, 0.29) is 12.5 Å². The summed E-state index contributed by atoms with van der Waals surface area (Å²) >= 11 is 1.51. The van der Waals surface area contributed by atoms with Crippen LogP contribution in [0.4, 0.5) is 10.7 Å². The Morgan fingerprint density at radius 3 is 2.92 bits per heavy atom. The highest BCUT2D eigenvalue weighted by molar-refractivity contribution is 7.17. The van der Waals surface area contributed by atoms with Crippen molar-refractivity contribution in [1.82, 2.24) is 0 Å². The number of hydrogen-bond acceptors (Lipinski definition) is 4. The topological polar surface area (TPSA) is 75.4 Å². The van der Waals surface area contributed by atoms with Crippen molar-refractivity contribution >= 4 is 33.8 Å². The van der Waals surface area contributed by atoms with Crippen molar-refractivity contribution in [2.24, 2.45) is 11.7 Å². The SMILES string of the molecule is CC1CCc2c(sc(NC(=O)CN3CCc4ccccc43)c2C(N)=O)C1. The number of nitrogens with two attached hydrogens (primary N) is 1. The maximum absolute atomic E-state index is 12.6. The predicted octanol–water partition coefficient (Wildman–Crippen LogP) is 2.97. The quantitative estimate of drug-likeness (QED) is 0.870. The van der Waals surface area contributed by atoms with Gasteiger partial charge in [0.15, 0.2) is 0 Å².